The molecular weight excluding hydrogens is 426 g/mol. The topological polar surface area (TPSA) is 71.4 Å². The average molecular weight is 456 g/mol. The first kappa shape index (κ1) is 22.6. The number of allylic oxidation sites excluding steroid dienone is 1. The van der Waals surface area contributed by atoms with E-state index in [9.17, 15) is 9.59 Å². The Balaban J connectivity index is 1.76. The number of ether oxygens (including phenoxy) is 2. The molecule has 1 aromatic rings. The summed E-state index contributed by atoms with van der Waals surface area (Å²) in [7, 11) is 1.40. The number of hydrogen-bond acceptors (Lipinski definition) is 7. The van der Waals surface area contributed by atoms with Gasteiger partial charge in [-0.05, 0) is 36.8 Å². The third-order valence-corrected chi connectivity index (χ3v) is 6.94. The molecular formula is C24H29N3O4S. The summed E-state index contributed by atoms with van der Waals surface area (Å²) in [5.41, 5.74) is 5.34. The first-order chi connectivity index (χ1) is 15.4. The molecule has 1 amide bonds. The van der Waals surface area contributed by atoms with Gasteiger partial charge in [-0.1, -0.05) is 42.4 Å². The fourth-order valence-electron chi connectivity index (χ4n) is 4.34. The number of carbonyl (C=O) groups excluding carboxylic acids is 2. The Morgan fingerprint density at radius 1 is 1.25 bits per heavy atom. The van der Waals surface area contributed by atoms with Gasteiger partial charge >= 0.3 is 5.97 Å². The molecule has 1 fully saturated rings. The number of amides is 1. The summed E-state index contributed by atoms with van der Waals surface area (Å²) in [5, 5.41) is 2.79. The lowest BCUT2D eigenvalue weighted by molar-refractivity contribution is -0.136. The Morgan fingerprint density at radius 2 is 2.00 bits per heavy atom. The van der Waals surface area contributed by atoms with Gasteiger partial charge in [0.25, 0.3) is 0 Å². The van der Waals surface area contributed by atoms with Gasteiger partial charge < -0.3 is 19.3 Å². The Bertz CT molecular complexity index is 1020. The number of esters is 1. The van der Waals surface area contributed by atoms with Gasteiger partial charge in [-0.15, -0.1) is 0 Å². The summed E-state index contributed by atoms with van der Waals surface area (Å²) in [6, 6.07) is 5.87. The lowest BCUT2D eigenvalue weighted by Crippen LogP contribution is -2.42. The lowest BCUT2D eigenvalue weighted by atomic mass is 9.89. The third kappa shape index (κ3) is 4.21. The fraction of sp³-hybridized carbons (Fsp3) is 0.458. The van der Waals surface area contributed by atoms with E-state index in [1.807, 2.05) is 31.1 Å². The minimum absolute atomic E-state index is 0.0611. The normalized spacial score (nSPS) is 20.7. The van der Waals surface area contributed by atoms with Crippen LogP contribution in [-0.2, 0) is 19.1 Å². The number of aryl methyl sites for hydroxylation is 2. The number of amidine groups is 1. The van der Waals surface area contributed by atoms with Crippen LogP contribution in [-0.4, -0.2) is 60.3 Å². The van der Waals surface area contributed by atoms with Crippen molar-refractivity contribution in [2.45, 2.75) is 39.7 Å². The van der Waals surface area contributed by atoms with Crippen LogP contribution in [0.4, 0.5) is 0 Å². The first-order valence-electron chi connectivity index (χ1n) is 10.9. The zero-order valence-corrected chi connectivity index (χ0v) is 19.8. The molecule has 0 aliphatic carbocycles. The largest absolute Gasteiger partial charge is 0.466 e. The smallest absolute Gasteiger partial charge is 0.338 e. The summed E-state index contributed by atoms with van der Waals surface area (Å²) >= 11 is 1.50. The molecule has 0 unspecified atom stereocenters. The Hall–Kier alpha value is -2.58. The van der Waals surface area contributed by atoms with Crippen LogP contribution in [0, 0.1) is 13.8 Å². The van der Waals surface area contributed by atoms with Crippen molar-refractivity contribution in [3.8, 4) is 0 Å². The fourth-order valence-corrected chi connectivity index (χ4v) is 5.28. The van der Waals surface area contributed by atoms with Crippen molar-refractivity contribution in [2.24, 2.45) is 4.99 Å². The Labute approximate surface area is 193 Å². The Kier molecular flexibility index (Phi) is 6.71. The number of hydrogen-bond donors (Lipinski definition) is 0. The maximum atomic E-state index is 13.0. The molecule has 1 aromatic carbocycles. The van der Waals surface area contributed by atoms with Crippen LogP contribution in [0.1, 0.15) is 42.5 Å². The molecule has 170 valence electrons. The molecule has 8 heteroatoms. The van der Waals surface area contributed by atoms with Gasteiger partial charge in [-0.2, -0.15) is 0 Å². The highest BCUT2D eigenvalue weighted by Crippen LogP contribution is 2.46. The number of fused-ring (bicyclic) bond motifs is 1. The van der Waals surface area contributed by atoms with Crippen LogP contribution in [0.15, 0.2) is 45.6 Å². The molecule has 1 atom stereocenters. The van der Waals surface area contributed by atoms with Crippen LogP contribution in [0.3, 0.4) is 0 Å². The minimum Gasteiger partial charge on any atom is -0.466 e. The van der Waals surface area contributed by atoms with Crippen molar-refractivity contribution in [1.82, 2.24) is 9.80 Å². The van der Waals surface area contributed by atoms with E-state index in [0.29, 0.717) is 38.3 Å². The molecule has 0 spiro atoms. The molecule has 32 heavy (non-hydrogen) atoms. The number of benzene rings is 1. The van der Waals surface area contributed by atoms with Crippen LogP contribution in [0.25, 0.3) is 0 Å². The second-order valence-electron chi connectivity index (χ2n) is 8.13. The van der Waals surface area contributed by atoms with Crippen LogP contribution >= 0.6 is 11.8 Å². The number of rotatable bonds is 5. The van der Waals surface area contributed by atoms with E-state index in [0.717, 1.165) is 33.3 Å². The number of thioether (sulfide) groups is 1. The van der Waals surface area contributed by atoms with E-state index in [2.05, 4.69) is 23.1 Å². The predicted molar refractivity (Wildman–Crippen MR) is 125 cm³/mol. The van der Waals surface area contributed by atoms with Crippen molar-refractivity contribution >= 4 is 28.8 Å². The van der Waals surface area contributed by atoms with E-state index in [1.54, 1.807) is 0 Å². The summed E-state index contributed by atoms with van der Waals surface area (Å²) in [6.07, 6.45) is 0.870. The highest BCUT2D eigenvalue weighted by molar-refractivity contribution is 8.16. The van der Waals surface area contributed by atoms with Gasteiger partial charge in [-0.3, -0.25) is 4.79 Å². The first-order valence-corrected chi connectivity index (χ1v) is 11.8. The molecule has 0 radical (unpaired) electrons. The number of morpholine rings is 1. The molecule has 3 aliphatic rings. The molecule has 7 nitrogen and oxygen atoms in total. The predicted octanol–water partition coefficient (Wildman–Crippen LogP) is 3.69. The monoisotopic (exact) mass is 455 g/mol. The number of methoxy groups -OCH3 is 1. The quantitative estimate of drug-likeness (QED) is 0.631. The van der Waals surface area contributed by atoms with Crippen molar-refractivity contribution in [2.75, 3.05) is 33.4 Å². The highest BCUT2D eigenvalue weighted by atomic mass is 32.2. The lowest BCUT2D eigenvalue weighted by Gasteiger charge is -2.38. The average Bonchev–Trinajstić information content (AvgIpc) is 3.21. The summed E-state index contributed by atoms with van der Waals surface area (Å²) in [6.45, 7) is 8.43. The molecule has 0 bridgehead atoms. The zero-order chi connectivity index (χ0) is 22.8. The summed E-state index contributed by atoms with van der Waals surface area (Å²) in [4.78, 5) is 34.7. The third-order valence-electron chi connectivity index (χ3n) is 6.05. The van der Waals surface area contributed by atoms with Crippen molar-refractivity contribution in [3.63, 3.8) is 0 Å². The second-order valence-corrected chi connectivity index (χ2v) is 8.97. The Morgan fingerprint density at radius 3 is 2.69 bits per heavy atom. The second kappa shape index (κ2) is 9.50. The van der Waals surface area contributed by atoms with Crippen LogP contribution in [0.2, 0.25) is 0 Å². The van der Waals surface area contributed by atoms with Crippen LogP contribution in [0.5, 0.6) is 0 Å². The van der Waals surface area contributed by atoms with Crippen molar-refractivity contribution in [1.29, 1.82) is 0 Å². The maximum Gasteiger partial charge on any atom is 0.338 e. The van der Waals surface area contributed by atoms with Crippen molar-refractivity contribution < 1.29 is 19.1 Å². The molecule has 0 saturated carbocycles. The van der Waals surface area contributed by atoms with E-state index < -0.39 is 0 Å². The summed E-state index contributed by atoms with van der Waals surface area (Å²) < 4.78 is 10.6. The molecule has 3 aliphatic heterocycles. The SMILES string of the molecule is CCC1=C(C(=O)OC)[C@H](c2cc(C)ccc2C)N2C(CC(=O)N3CCOCC3)=CSC2=N1. The van der Waals surface area contributed by atoms with Gasteiger partial charge in [0.1, 0.15) is 0 Å². The molecule has 0 aromatic heterocycles. The standard InChI is InChI=1S/C24H29N3O4S/c1-5-19-21(23(29)30-4)22(18-12-15(2)6-7-16(18)3)27-17(14-32-24(27)25-19)13-20(28)26-8-10-31-11-9-26/h6-7,12,14,22H,5,8-11,13H2,1-4H3/t22-/m0/s1. The van der Waals surface area contributed by atoms with Gasteiger partial charge in [-0.25, -0.2) is 9.79 Å². The maximum absolute atomic E-state index is 13.0. The van der Waals surface area contributed by atoms with E-state index in [-0.39, 0.29) is 24.3 Å². The summed E-state index contributed by atoms with van der Waals surface area (Å²) in [5.74, 6) is -0.322. The molecule has 1 saturated heterocycles. The number of aliphatic imine (C=N–C) groups is 1. The highest BCUT2D eigenvalue weighted by Gasteiger charge is 2.42. The zero-order valence-electron chi connectivity index (χ0n) is 19.0. The van der Waals surface area contributed by atoms with Crippen molar-refractivity contribution in [3.05, 3.63) is 57.3 Å². The van der Waals surface area contributed by atoms with Crippen LogP contribution < -0.4 is 0 Å². The molecule has 3 heterocycles. The molecule has 0 N–H and O–H groups in total. The van der Waals surface area contributed by atoms with Gasteiger partial charge in [0.05, 0.1) is 44.1 Å². The van der Waals surface area contributed by atoms with E-state index >= 15 is 0 Å². The van der Waals surface area contributed by atoms with Gasteiger partial charge in [0.2, 0.25) is 5.91 Å². The van der Waals surface area contributed by atoms with E-state index in [1.165, 1.54) is 18.9 Å². The van der Waals surface area contributed by atoms with Gasteiger partial charge in [0.15, 0.2) is 5.17 Å². The van der Waals surface area contributed by atoms with E-state index in [4.69, 9.17) is 14.5 Å². The number of carbonyl (C=O) groups is 2. The number of nitrogens with zero attached hydrogens (tertiary/aromatic N) is 3. The van der Waals surface area contributed by atoms with Gasteiger partial charge in [0, 0.05) is 18.8 Å². The molecule has 4 rings (SSSR count). The minimum atomic E-state index is -0.386.